The van der Waals surface area contributed by atoms with Gasteiger partial charge in [0.15, 0.2) is 0 Å². The maximum Gasteiger partial charge on any atom is 0.136 e. The number of carbonyl (C=O) groups is 1. The molecule has 1 rings (SSSR count). The van der Waals surface area contributed by atoms with Gasteiger partial charge in [-0.2, -0.15) is 0 Å². The van der Waals surface area contributed by atoms with E-state index in [1.807, 2.05) is 0 Å². The molecular weight excluding hydrogens is 142 g/mol. The largest absolute Gasteiger partial charge is 0.380 e. The van der Waals surface area contributed by atoms with Crippen LogP contribution in [-0.2, 0) is 9.53 Å². The van der Waals surface area contributed by atoms with Gasteiger partial charge < -0.3 is 14.8 Å². The Labute approximate surface area is 67.4 Å². The molecule has 0 aromatic carbocycles. The van der Waals surface area contributed by atoms with Gasteiger partial charge in [-0.1, -0.05) is 0 Å². The molecule has 64 valence electrons. The molecule has 1 saturated heterocycles. The molecule has 1 aliphatic rings. The van der Waals surface area contributed by atoms with E-state index in [2.05, 4.69) is 18.5 Å². The summed E-state index contributed by atoms with van der Waals surface area (Å²) >= 11 is 0. The van der Waals surface area contributed by atoms with Crippen molar-refractivity contribution in [2.24, 2.45) is 0 Å². The molecule has 0 aliphatic carbocycles. The fraction of sp³-hybridized carbons (Fsp3) is 0.625. The zero-order valence-corrected chi connectivity index (χ0v) is 6.88. The van der Waals surface area contributed by atoms with E-state index in [0.29, 0.717) is 0 Å². The highest BCUT2D eigenvalue weighted by Gasteiger charge is 2.22. The summed E-state index contributed by atoms with van der Waals surface area (Å²) < 4.78 is 5.02. The van der Waals surface area contributed by atoms with Crippen LogP contribution in [0.25, 0.3) is 0 Å². The van der Waals surface area contributed by atoms with E-state index in [0.717, 1.165) is 19.3 Å². The molecule has 1 fully saturated rings. The molecule has 0 aromatic heterocycles. The van der Waals surface area contributed by atoms with Crippen LogP contribution in [0, 0.1) is 0 Å². The smallest absolute Gasteiger partial charge is 0.136 e. The molecule has 0 amide bonds. The van der Waals surface area contributed by atoms with Crippen molar-refractivity contribution in [3.05, 3.63) is 13.2 Å². The van der Waals surface area contributed by atoms with E-state index in [1.54, 1.807) is 7.11 Å². The lowest BCUT2D eigenvalue weighted by molar-refractivity contribution is -0.109. The van der Waals surface area contributed by atoms with Crippen LogP contribution in [0.15, 0.2) is 13.2 Å². The third kappa shape index (κ3) is 3.30. The molecule has 1 heterocycles. The first-order valence-electron chi connectivity index (χ1n) is 3.58. The molecule has 11 heavy (non-hydrogen) atoms. The number of nitrogens with one attached hydrogen (secondary N) is 1. The average molecular weight is 157 g/mol. The van der Waals surface area contributed by atoms with Crippen LogP contribution in [0.1, 0.15) is 6.42 Å². The molecule has 3 heteroatoms. The average Bonchev–Trinajstić information content (AvgIpc) is 2.55. The monoisotopic (exact) mass is 157 g/mol. The predicted octanol–water partition coefficient (Wildman–Crippen LogP) is 0.364. The zero-order chi connectivity index (χ0) is 8.69. The van der Waals surface area contributed by atoms with Gasteiger partial charge in [0.2, 0.25) is 0 Å². The normalized spacial score (nSPS) is 28.8. The number of carbonyl (C=O) groups excluding carboxylic acids is 1. The second kappa shape index (κ2) is 6.07. The number of hydrogen-bond donors (Lipinski definition) is 1. The first-order chi connectivity index (χ1) is 5.36. The third-order valence-electron chi connectivity index (χ3n) is 1.62. The predicted molar refractivity (Wildman–Crippen MR) is 44.5 cm³/mol. The van der Waals surface area contributed by atoms with Gasteiger partial charge in [-0.3, -0.25) is 0 Å². The van der Waals surface area contributed by atoms with Crippen molar-refractivity contribution in [3.63, 3.8) is 0 Å². The maximum absolute atomic E-state index is 10.2. The molecule has 2 unspecified atom stereocenters. The molecule has 1 aliphatic heterocycles. The minimum absolute atomic E-state index is 0.0231. The highest BCUT2D eigenvalue weighted by Crippen LogP contribution is 2.06. The van der Waals surface area contributed by atoms with Gasteiger partial charge in [0.25, 0.3) is 0 Å². The Balaban J connectivity index is 0.000000461. The number of methoxy groups -OCH3 is 1. The fourth-order valence-corrected chi connectivity index (χ4v) is 1.02. The topological polar surface area (TPSA) is 38.3 Å². The summed E-state index contributed by atoms with van der Waals surface area (Å²) in [6.07, 6.45) is 1.99. The Morgan fingerprint density at radius 3 is 2.55 bits per heavy atom. The number of ether oxygens (including phenoxy) is 1. The van der Waals surface area contributed by atoms with Crippen LogP contribution < -0.4 is 5.32 Å². The number of aldehydes is 1. The van der Waals surface area contributed by atoms with Crippen LogP contribution in [0.5, 0.6) is 0 Å². The summed E-state index contributed by atoms with van der Waals surface area (Å²) in [4.78, 5) is 10.2. The highest BCUT2D eigenvalue weighted by atomic mass is 16.5. The van der Waals surface area contributed by atoms with E-state index < -0.39 is 0 Å². The van der Waals surface area contributed by atoms with Gasteiger partial charge in [-0.25, -0.2) is 0 Å². The SMILES string of the molecule is C=C.COC1CNC(C=O)C1. The van der Waals surface area contributed by atoms with E-state index in [-0.39, 0.29) is 12.1 Å². The minimum Gasteiger partial charge on any atom is -0.380 e. The van der Waals surface area contributed by atoms with Gasteiger partial charge in [0, 0.05) is 13.7 Å². The summed E-state index contributed by atoms with van der Waals surface area (Å²) in [6, 6.07) is 0.0231. The van der Waals surface area contributed by atoms with Crippen LogP contribution in [0.3, 0.4) is 0 Å². The second-order valence-electron chi connectivity index (χ2n) is 2.24. The van der Waals surface area contributed by atoms with Gasteiger partial charge in [0.05, 0.1) is 12.1 Å². The summed E-state index contributed by atoms with van der Waals surface area (Å²) in [5.74, 6) is 0. The third-order valence-corrected chi connectivity index (χ3v) is 1.62. The Kier molecular flexibility index (Phi) is 5.70. The molecule has 2 atom stereocenters. The Hall–Kier alpha value is -0.670. The zero-order valence-electron chi connectivity index (χ0n) is 6.88. The fourth-order valence-electron chi connectivity index (χ4n) is 1.02. The standard InChI is InChI=1S/C6H11NO2.C2H4/c1-9-6-2-5(4-8)7-3-6;1-2/h4-7H,2-3H2,1H3;1-2H2. The van der Waals surface area contributed by atoms with Crippen molar-refractivity contribution in [1.29, 1.82) is 0 Å². The Morgan fingerprint density at radius 1 is 1.64 bits per heavy atom. The van der Waals surface area contributed by atoms with Crippen molar-refractivity contribution in [2.45, 2.75) is 18.6 Å². The van der Waals surface area contributed by atoms with Crippen LogP contribution >= 0.6 is 0 Å². The van der Waals surface area contributed by atoms with Crippen LogP contribution in [-0.4, -0.2) is 32.1 Å². The van der Waals surface area contributed by atoms with Crippen molar-refractivity contribution >= 4 is 6.29 Å². The number of hydrogen-bond acceptors (Lipinski definition) is 3. The lowest BCUT2D eigenvalue weighted by Crippen LogP contribution is -2.22. The first kappa shape index (κ1) is 10.3. The number of rotatable bonds is 2. The van der Waals surface area contributed by atoms with E-state index >= 15 is 0 Å². The van der Waals surface area contributed by atoms with E-state index in [1.165, 1.54) is 0 Å². The van der Waals surface area contributed by atoms with Gasteiger partial charge in [-0.15, -0.1) is 13.2 Å². The summed E-state index contributed by atoms with van der Waals surface area (Å²) in [5.41, 5.74) is 0. The molecule has 3 nitrogen and oxygen atoms in total. The Morgan fingerprint density at radius 2 is 2.27 bits per heavy atom. The lowest BCUT2D eigenvalue weighted by Gasteiger charge is -2.02. The second-order valence-corrected chi connectivity index (χ2v) is 2.24. The molecule has 0 aromatic rings. The van der Waals surface area contributed by atoms with Gasteiger partial charge in [-0.05, 0) is 6.42 Å². The van der Waals surface area contributed by atoms with Crippen molar-refractivity contribution in [3.8, 4) is 0 Å². The Bertz CT molecular complexity index is 117. The first-order valence-corrected chi connectivity index (χ1v) is 3.58. The molecular formula is C8H15NO2. The molecule has 0 radical (unpaired) electrons. The van der Waals surface area contributed by atoms with Gasteiger partial charge in [0.1, 0.15) is 6.29 Å². The minimum atomic E-state index is 0.0231. The summed E-state index contributed by atoms with van der Waals surface area (Å²) in [7, 11) is 1.67. The van der Waals surface area contributed by atoms with Gasteiger partial charge >= 0.3 is 0 Å². The highest BCUT2D eigenvalue weighted by molar-refractivity contribution is 5.58. The van der Waals surface area contributed by atoms with Crippen molar-refractivity contribution in [2.75, 3.05) is 13.7 Å². The molecule has 1 N–H and O–H groups in total. The van der Waals surface area contributed by atoms with E-state index in [4.69, 9.17) is 4.74 Å². The summed E-state index contributed by atoms with van der Waals surface area (Å²) in [6.45, 7) is 6.81. The molecule has 0 bridgehead atoms. The van der Waals surface area contributed by atoms with Crippen molar-refractivity contribution < 1.29 is 9.53 Å². The molecule has 0 saturated carbocycles. The maximum atomic E-state index is 10.2. The van der Waals surface area contributed by atoms with Crippen molar-refractivity contribution in [1.82, 2.24) is 5.32 Å². The quantitative estimate of drug-likeness (QED) is 0.464. The summed E-state index contributed by atoms with van der Waals surface area (Å²) in [5, 5.41) is 3.01. The lowest BCUT2D eigenvalue weighted by atomic mass is 10.2. The molecule has 0 spiro atoms. The van der Waals surface area contributed by atoms with Crippen LogP contribution in [0.4, 0.5) is 0 Å². The van der Waals surface area contributed by atoms with Crippen LogP contribution in [0.2, 0.25) is 0 Å². The van der Waals surface area contributed by atoms with E-state index in [9.17, 15) is 4.79 Å².